The number of ether oxygens (including phenoxy) is 2. The summed E-state index contributed by atoms with van der Waals surface area (Å²) in [6.45, 7) is 0. The Bertz CT molecular complexity index is 365. The van der Waals surface area contributed by atoms with Gasteiger partial charge in [-0.25, -0.2) is 4.79 Å². The second-order valence-corrected chi connectivity index (χ2v) is 3.20. The summed E-state index contributed by atoms with van der Waals surface area (Å²) in [4.78, 5) is 22.0. The maximum atomic E-state index is 11.5. The summed E-state index contributed by atoms with van der Waals surface area (Å²) in [6.07, 6.45) is 1.95. The molecule has 1 N–H and O–H groups in total. The monoisotopic (exact) mass is 232 g/mol. The van der Waals surface area contributed by atoms with Gasteiger partial charge >= 0.3 is 5.97 Å². The number of carboxylic acids is 1. The molecule has 0 unspecified atom stereocenters. The predicted octanol–water partition coefficient (Wildman–Crippen LogP) is 0.692. The van der Waals surface area contributed by atoms with E-state index in [4.69, 9.17) is 26.2 Å². The standard InChI is InChI=1S/C9H9ClO5/c1-14-9(15-2)4-6(10)8(13)5(9)3-7(11)12/h3-4H,1-2H3,(H,11,12)/b5-3-. The van der Waals surface area contributed by atoms with Crippen LogP contribution in [0.25, 0.3) is 0 Å². The molecule has 0 heterocycles. The quantitative estimate of drug-likeness (QED) is 0.573. The largest absolute Gasteiger partial charge is 0.478 e. The fourth-order valence-electron chi connectivity index (χ4n) is 1.31. The topological polar surface area (TPSA) is 72.8 Å². The van der Waals surface area contributed by atoms with Crippen molar-refractivity contribution in [2.24, 2.45) is 0 Å². The number of hydrogen-bond acceptors (Lipinski definition) is 4. The molecule has 0 bridgehead atoms. The SMILES string of the molecule is COC1(OC)C=C(Cl)C(=O)/C1=C/C(=O)O. The zero-order chi connectivity index (χ0) is 11.6. The summed E-state index contributed by atoms with van der Waals surface area (Å²) in [5, 5.41) is 8.48. The van der Waals surface area contributed by atoms with Gasteiger partial charge in [0.15, 0.2) is 0 Å². The predicted molar refractivity (Wildman–Crippen MR) is 51.4 cm³/mol. The molecule has 6 heteroatoms. The molecule has 0 aliphatic heterocycles. The number of ketones is 1. The fraction of sp³-hybridized carbons (Fsp3) is 0.333. The van der Waals surface area contributed by atoms with Gasteiger partial charge in [0.2, 0.25) is 11.6 Å². The van der Waals surface area contributed by atoms with Gasteiger partial charge in [0, 0.05) is 26.4 Å². The highest BCUT2D eigenvalue weighted by molar-refractivity contribution is 6.46. The van der Waals surface area contributed by atoms with Crippen LogP contribution in [0.4, 0.5) is 0 Å². The number of hydrogen-bond donors (Lipinski definition) is 1. The van der Waals surface area contributed by atoms with Crippen molar-refractivity contribution >= 4 is 23.4 Å². The number of carboxylic acid groups (broad SMARTS) is 1. The van der Waals surface area contributed by atoms with Crippen molar-refractivity contribution in [1.82, 2.24) is 0 Å². The van der Waals surface area contributed by atoms with Crippen molar-refractivity contribution in [2.75, 3.05) is 14.2 Å². The number of rotatable bonds is 3. The fourth-order valence-corrected chi connectivity index (χ4v) is 1.55. The van der Waals surface area contributed by atoms with Gasteiger partial charge in [-0.05, 0) is 0 Å². The first-order valence-corrected chi connectivity index (χ1v) is 4.33. The van der Waals surface area contributed by atoms with E-state index in [1.165, 1.54) is 20.3 Å². The molecular formula is C9H9ClO5. The Kier molecular flexibility index (Phi) is 3.28. The minimum absolute atomic E-state index is 0.119. The van der Waals surface area contributed by atoms with Crippen LogP contribution in [-0.2, 0) is 19.1 Å². The Balaban J connectivity index is 3.26. The molecule has 0 spiro atoms. The van der Waals surface area contributed by atoms with Crippen molar-refractivity contribution in [1.29, 1.82) is 0 Å². The van der Waals surface area contributed by atoms with E-state index in [0.717, 1.165) is 6.08 Å². The van der Waals surface area contributed by atoms with E-state index in [0.29, 0.717) is 0 Å². The minimum atomic E-state index is -1.49. The van der Waals surface area contributed by atoms with Crippen LogP contribution >= 0.6 is 11.6 Å². The van der Waals surface area contributed by atoms with Crippen molar-refractivity contribution in [3.05, 3.63) is 22.8 Å². The highest BCUT2D eigenvalue weighted by atomic mass is 35.5. The van der Waals surface area contributed by atoms with Gasteiger partial charge in [-0.3, -0.25) is 4.79 Å². The summed E-state index contributed by atoms with van der Waals surface area (Å²) in [7, 11) is 2.58. The van der Waals surface area contributed by atoms with Crippen LogP contribution in [0, 0.1) is 0 Å². The van der Waals surface area contributed by atoms with Gasteiger partial charge in [0.25, 0.3) is 0 Å². The number of Topliss-reactive ketones (excluding diaryl/α,β-unsaturated/α-hetero) is 1. The molecule has 0 fully saturated rings. The first kappa shape index (κ1) is 11.9. The molecule has 0 saturated carbocycles. The molecule has 0 aromatic rings. The number of allylic oxidation sites excluding steroid dienone is 1. The van der Waals surface area contributed by atoms with Gasteiger partial charge < -0.3 is 14.6 Å². The number of halogens is 1. The molecule has 0 amide bonds. The van der Waals surface area contributed by atoms with Gasteiger partial charge in [-0.2, -0.15) is 0 Å². The molecule has 0 aromatic heterocycles. The molecule has 0 saturated heterocycles. The Hall–Kier alpha value is -1.17. The van der Waals surface area contributed by atoms with Crippen molar-refractivity contribution in [3.8, 4) is 0 Å². The molecular weight excluding hydrogens is 224 g/mol. The summed E-state index contributed by atoms with van der Waals surface area (Å²) in [5.41, 5.74) is -0.148. The molecule has 1 rings (SSSR count). The van der Waals surface area contributed by atoms with Crippen molar-refractivity contribution in [3.63, 3.8) is 0 Å². The second-order valence-electron chi connectivity index (χ2n) is 2.79. The van der Waals surface area contributed by atoms with Gasteiger partial charge in [0.05, 0.1) is 10.6 Å². The van der Waals surface area contributed by atoms with E-state index in [9.17, 15) is 9.59 Å². The lowest BCUT2D eigenvalue weighted by Crippen LogP contribution is -2.33. The van der Waals surface area contributed by atoms with Crippen LogP contribution < -0.4 is 0 Å². The Morgan fingerprint density at radius 1 is 1.53 bits per heavy atom. The lowest BCUT2D eigenvalue weighted by molar-refractivity contribution is -0.146. The van der Waals surface area contributed by atoms with E-state index >= 15 is 0 Å². The zero-order valence-corrected chi connectivity index (χ0v) is 8.87. The zero-order valence-electron chi connectivity index (χ0n) is 8.11. The van der Waals surface area contributed by atoms with E-state index in [1.807, 2.05) is 0 Å². The minimum Gasteiger partial charge on any atom is -0.478 e. The Labute approximate surface area is 90.9 Å². The van der Waals surface area contributed by atoms with Gasteiger partial charge in [-0.1, -0.05) is 11.6 Å². The van der Waals surface area contributed by atoms with Crippen molar-refractivity contribution in [2.45, 2.75) is 5.79 Å². The lowest BCUT2D eigenvalue weighted by atomic mass is 10.1. The third-order valence-electron chi connectivity index (χ3n) is 2.03. The van der Waals surface area contributed by atoms with Gasteiger partial charge in [0.1, 0.15) is 0 Å². The van der Waals surface area contributed by atoms with Crippen molar-refractivity contribution < 1.29 is 24.2 Å². The van der Waals surface area contributed by atoms with Crippen LogP contribution in [0.2, 0.25) is 0 Å². The summed E-state index contributed by atoms with van der Waals surface area (Å²) in [6, 6.07) is 0. The average molecular weight is 233 g/mol. The van der Waals surface area contributed by atoms with Crippen LogP contribution in [0.5, 0.6) is 0 Å². The van der Waals surface area contributed by atoms with E-state index in [1.54, 1.807) is 0 Å². The molecule has 1 aliphatic rings. The first-order chi connectivity index (χ1) is 6.96. The Morgan fingerprint density at radius 2 is 2.07 bits per heavy atom. The van der Waals surface area contributed by atoms with Gasteiger partial charge in [-0.15, -0.1) is 0 Å². The van der Waals surface area contributed by atoms with Crippen LogP contribution in [0.1, 0.15) is 0 Å². The number of carbonyl (C=O) groups excluding carboxylic acids is 1. The van der Waals surface area contributed by atoms with Crippen LogP contribution in [-0.4, -0.2) is 36.9 Å². The molecule has 1 aliphatic carbocycles. The number of carbonyl (C=O) groups is 2. The normalized spacial score (nSPS) is 21.9. The highest BCUT2D eigenvalue weighted by Gasteiger charge is 2.44. The highest BCUT2D eigenvalue weighted by Crippen LogP contribution is 2.35. The molecule has 0 aromatic carbocycles. The van der Waals surface area contributed by atoms with E-state index < -0.39 is 17.5 Å². The van der Waals surface area contributed by atoms with Crippen LogP contribution in [0.15, 0.2) is 22.8 Å². The number of aliphatic carboxylic acids is 1. The molecule has 15 heavy (non-hydrogen) atoms. The maximum absolute atomic E-state index is 11.5. The van der Waals surface area contributed by atoms with E-state index in [-0.39, 0.29) is 10.6 Å². The third-order valence-corrected chi connectivity index (χ3v) is 2.31. The average Bonchev–Trinajstić information content (AvgIpc) is 2.42. The molecule has 82 valence electrons. The molecule has 0 atom stereocenters. The Morgan fingerprint density at radius 3 is 2.47 bits per heavy atom. The molecule has 5 nitrogen and oxygen atoms in total. The maximum Gasteiger partial charge on any atom is 0.328 e. The summed E-state index contributed by atoms with van der Waals surface area (Å²) < 4.78 is 9.93. The molecule has 0 radical (unpaired) electrons. The summed E-state index contributed by atoms with van der Waals surface area (Å²) in [5.74, 6) is -3.37. The third kappa shape index (κ3) is 1.94. The first-order valence-electron chi connectivity index (χ1n) is 3.95. The summed E-state index contributed by atoms with van der Waals surface area (Å²) >= 11 is 5.60. The lowest BCUT2D eigenvalue weighted by Gasteiger charge is -2.24. The van der Waals surface area contributed by atoms with Crippen LogP contribution in [0.3, 0.4) is 0 Å². The van der Waals surface area contributed by atoms with E-state index in [2.05, 4.69) is 0 Å². The second kappa shape index (κ2) is 4.14. The smallest absolute Gasteiger partial charge is 0.328 e. The number of methoxy groups -OCH3 is 2.